The molecule has 1 aromatic carbocycles. The van der Waals surface area contributed by atoms with Gasteiger partial charge in [-0.2, -0.15) is 0 Å². The van der Waals surface area contributed by atoms with Crippen LogP contribution in [0, 0.1) is 0 Å². The zero-order valence-corrected chi connectivity index (χ0v) is 20.0. The van der Waals surface area contributed by atoms with Gasteiger partial charge >= 0.3 is 6.09 Å². The average molecular weight is 492 g/mol. The van der Waals surface area contributed by atoms with E-state index in [2.05, 4.69) is 5.10 Å². The third-order valence-electron chi connectivity index (χ3n) is 4.50. The number of aromatic nitrogens is 2. The number of carboxylic acid groups (broad SMARTS) is 1. The highest BCUT2D eigenvalue weighted by atomic mass is 35.5. The van der Waals surface area contributed by atoms with Crippen LogP contribution in [0.2, 0.25) is 10.0 Å². The number of hydrogen-bond acceptors (Lipinski definition) is 5. The Balaban J connectivity index is 2.28. The smallest absolute Gasteiger partial charge is 0.421 e. The van der Waals surface area contributed by atoms with E-state index < -0.39 is 22.2 Å². The van der Waals surface area contributed by atoms with Crippen molar-refractivity contribution in [3.8, 4) is 5.88 Å². The van der Waals surface area contributed by atoms with Crippen LogP contribution in [0.5, 0.6) is 5.88 Å². The molecule has 2 rings (SSSR count). The van der Waals surface area contributed by atoms with Crippen molar-refractivity contribution >= 4 is 39.3 Å². The first-order valence-corrected chi connectivity index (χ1v) is 12.3. The largest absolute Gasteiger partial charge is 0.477 e. The number of hydrogen-bond donors (Lipinski definition) is 1. The molecule has 2 aromatic rings. The minimum Gasteiger partial charge on any atom is -0.477 e. The summed E-state index contributed by atoms with van der Waals surface area (Å²) in [6, 6.07) is 6.08. The van der Waals surface area contributed by atoms with Crippen molar-refractivity contribution in [2.75, 3.05) is 12.4 Å². The normalized spacial score (nSPS) is 11.7. The second kappa shape index (κ2) is 11.1. The maximum absolute atomic E-state index is 12.6. The summed E-state index contributed by atoms with van der Waals surface area (Å²) in [5, 5.41) is 14.7. The van der Waals surface area contributed by atoms with E-state index >= 15 is 0 Å². The SMILES string of the molecule is CCCCOc1cc(CCS(=O)(=O)N(C(=O)O)C(C)C)n(Cc2ccc(Cl)cc2Cl)n1. The van der Waals surface area contributed by atoms with Crippen molar-refractivity contribution in [1.82, 2.24) is 14.1 Å². The van der Waals surface area contributed by atoms with Gasteiger partial charge in [0.25, 0.3) is 0 Å². The number of carbonyl (C=O) groups is 1. The van der Waals surface area contributed by atoms with E-state index in [4.69, 9.17) is 27.9 Å². The molecular formula is C20H27Cl2N3O5S. The van der Waals surface area contributed by atoms with Gasteiger partial charge in [0.2, 0.25) is 15.9 Å². The fourth-order valence-electron chi connectivity index (χ4n) is 2.96. The number of rotatable bonds is 11. The molecule has 11 heteroatoms. The van der Waals surface area contributed by atoms with E-state index in [0.29, 0.717) is 32.5 Å². The summed E-state index contributed by atoms with van der Waals surface area (Å²) in [6.45, 7) is 5.85. The van der Waals surface area contributed by atoms with Crippen molar-refractivity contribution in [3.05, 3.63) is 45.6 Å². The van der Waals surface area contributed by atoms with Gasteiger partial charge in [-0.05, 0) is 38.0 Å². The Morgan fingerprint density at radius 3 is 2.58 bits per heavy atom. The van der Waals surface area contributed by atoms with Crippen LogP contribution in [-0.4, -0.2) is 52.1 Å². The van der Waals surface area contributed by atoms with E-state index in [1.165, 1.54) is 13.8 Å². The molecule has 0 radical (unpaired) electrons. The summed E-state index contributed by atoms with van der Waals surface area (Å²) < 4.78 is 33.0. The molecule has 0 saturated carbocycles. The topological polar surface area (TPSA) is 102 Å². The lowest BCUT2D eigenvalue weighted by atomic mass is 10.2. The quantitative estimate of drug-likeness (QED) is 0.457. The molecule has 0 atom stereocenters. The number of sulfonamides is 1. The minimum absolute atomic E-state index is 0.0637. The lowest BCUT2D eigenvalue weighted by Crippen LogP contribution is -2.42. The molecule has 0 aliphatic heterocycles. The van der Waals surface area contributed by atoms with Crippen LogP contribution in [0.15, 0.2) is 24.3 Å². The van der Waals surface area contributed by atoms with E-state index in [-0.39, 0.29) is 18.7 Å². The minimum atomic E-state index is -4.03. The maximum atomic E-state index is 12.6. The Morgan fingerprint density at radius 2 is 2.00 bits per heavy atom. The number of unbranched alkanes of at least 4 members (excludes halogenated alkanes) is 1. The molecule has 0 saturated heterocycles. The lowest BCUT2D eigenvalue weighted by molar-refractivity contribution is 0.165. The van der Waals surface area contributed by atoms with Gasteiger partial charge in [0.05, 0.1) is 18.9 Å². The van der Waals surface area contributed by atoms with E-state index in [0.717, 1.165) is 18.4 Å². The number of ether oxygens (including phenoxy) is 1. The van der Waals surface area contributed by atoms with Crippen molar-refractivity contribution in [1.29, 1.82) is 0 Å². The molecular weight excluding hydrogens is 465 g/mol. The molecule has 1 heterocycles. The first-order chi connectivity index (χ1) is 14.5. The van der Waals surface area contributed by atoms with Gasteiger partial charge < -0.3 is 9.84 Å². The van der Waals surface area contributed by atoms with Gasteiger partial charge in [-0.15, -0.1) is 5.10 Å². The van der Waals surface area contributed by atoms with E-state index in [9.17, 15) is 18.3 Å². The van der Waals surface area contributed by atoms with Crippen molar-refractivity contribution < 1.29 is 23.1 Å². The summed E-state index contributed by atoms with van der Waals surface area (Å²) in [5.41, 5.74) is 1.35. The second-order valence-corrected chi connectivity index (χ2v) is 10.1. The van der Waals surface area contributed by atoms with Gasteiger partial charge in [-0.3, -0.25) is 4.68 Å². The number of amides is 1. The number of benzene rings is 1. The summed E-state index contributed by atoms with van der Waals surface area (Å²) in [7, 11) is -4.03. The number of halogens is 2. The van der Waals surface area contributed by atoms with Crippen molar-refractivity contribution in [2.24, 2.45) is 0 Å². The van der Waals surface area contributed by atoms with Crippen LogP contribution in [0.25, 0.3) is 0 Å². The highest BCUT2D eigenvalue weighted by Gasteiger charge is 2.30. The predicted octanol–water partition coefficient (Wildman–Crippen LogP) is 4.68. The zero-order valence-electron chi connectivity index (χ0n) is 17.7. The van der Waals surface area contributed by atoms with Gasteiger partial charge in [0.15, 0.2) is 0 Å². The van der Waals surface area contributed by atoms with Gasteiger partial charge in [0, 0.05) is 34.3 Å². The fourth-order valence-corrected chi connectivity index (χ4v) is 4.98. The highest BCUT2D eigenvalue weighted by molar-refractivity contribution is 7.89. The summed E-state index contributed by atoms with van der Waals surface area (Å²) in [5.74, 6) is -0.00349. The first-order valence-electron chi connectivity index (χ1n) is 9.93. The lowest BCUT2D eigenvalue weighted by Gasteiger charge is -2.22. The standard InChI is InChI=1S/C20H27Cl2N3O5S/c1-4-5-9-30-19-12-17(8-10-31(28,29)25(14(2)3)20(26)27)24(23-19)13-15-6-7-16(21)11-18(15)22/h6-7,11-12,14H,4-5,8-10,13H2,1-3H3,(H,26,27). The molecule has 8 nitrogen and oxygen atoms in total. The molecule has 0 aliphatic carbocycles. The van der Waals surface area contributed by atoms with Gasteiger partial charge in [-0.25, -0.2) is 17.5 Å². The summed E-state index contributed by atoms with van der Waals surface area (Å²) >= 11 is 12.2. The van der Waals surface area contributed by atoms with Gasteiger partial charge in [0.1, 0.15) is 0 Å². The molecule has 172 valence electrons. The molecule has 0 fully saturated rings. The highest BCUT2D eigenvalue weighted by Crippen LogP contribution is 2.24. The van der Waals surface area contributed by atoms with Crippen LogP contribution >= 0.6 is 23.2 Å². The third kappa shape index (κ3) is 7.02. The van der Waals surface area contributed by atoms with E-state index in [1.54, 1.807) is 28.9 Å². The van der Waals surface area contributed by atoms with Crippen LogP contribution in [0.3, 0.4) is 0 Å². The molecule has 0 unspecified atom stereocenters. The number of aryl methyl sites for hydroxylation is 1. The molecule has 0 bridgehead atoms. The Bertz CT molecular complexity index is 1010. The molecule has 1 aromatic heterocycles. The van der Waals surface area contributed by atoms with E-state index in [1.807, 2.05) is 6.92 Å². The Kier molecular flexibility index (Phi) is 9.02. The van der Waals surface area contributed by atoms with Crippen LogP contribution in [0.4, 0.5) is 4.79 Å². The fraction of sp³-hybridized carbons (Fsp3) is 0.500. The van der Waals surface area contributed by atoms with Crippen molar-refractivity contribution in [3.63, 3.8) is 0 Å². The molecule has 1 N–H and O–H groups in total. The first kappa shape index (κ1) is 25.3. The third-order valence-corrected chi connectivity index (χ3v) is 6.98. The molecule has 0 aliphatic rings. The van der Waals surface area contributed by atoms with Crippen molar-refractivity contribution in [2.45, 2.75) is 52.6 Å². The molecule has 1 amide bonds. The summed E-state index contributed by atoms with van der Waals surface area (Å²) in [6.07, 6.45) is 0.391. The predicted molar refractivity (Wildman–Crippen MR) is 121 cm³/mol. The van der Waals surface area contributed by atoms with Crippen LogP contribution in [0.1, 0.15) is 44.9 Å². The Morgan fingerprint density at radius 1 is 1.29 bits per heavy atom. The molecule has 31 heavy (non-hydrogen) atoms. The monoisotopic (exact) mass is 491 g/mol. The second-order valence-electron chi connectivity index (χ2n) is 7.31. The molecule has 0 spiro atoms. The Labute approximate surface area is 192 Å². The summed E-state index contributed by atoms with van der Waals surface area (Å²) in [4.78, 5) is 11.4. The Hall–Kier alpha value is -1.97. The van der Waals surface area contributed by atoms with Gasteiger partial charge in [-0.1, -0.05) is 42.6 Å². The average Bonchev–Trinajstić information content (AvgIpc) is 3.03. The maximum Gasteiger partial charge on any atom is 0.421 e. The van der Waals surface area contributed by atoms with Crippen LogP contribution < -0.4 is 4.74 Å². The number of nitrogens with zero attached hydrogens (tertiary/aromatic N) is 3. The van der Waals surface area contributed by atoms with Crippen LogP contribution in [-0.2, 0) is 23.0 Å². The zero-order chi connectivity index (χ0) is 23.2.